The molecule has 0 N–H and O–H groups in total. The van der Waals surface area contributed by atoms with Gasteiger partial charge in [-0.05, 0) is 48.3 Å². The van der Waals surface area contributed by atoms with Gasteiger partial charge in [-0.15, -0.1) is 11.3 Å². The van der Waals surface area contributed by atoms with E-state index in [1.807, 2.05) is 0 Å². The van der Waals surface area contributed by atoms with Gasteiger partial charge < -0.3 is 9.90 Å². The Morgan fingerprint density at radius 2 is 2.24 bits per heavy atom. The number of hydrogen-bond donors (Lipinski definition) is 0. The van der Waals surface area contributed by atoms with Gasteiger partial charge in [0.05, 0.1) is 16.2 Å². The predicted molar refractivity (Wildman–Crippen MR) is 91.8 cm³/mol. The number of hydrogen-bond acceptors (Lipinski definition) is 5. The first-order chi connectivity index (χ1) is 12.0. The molecule has 3 aromatic rings. The van der Waals surface area contributed by atoms with Crippen LogP contribution in [0, 0.1) is 12.7 Å². The largest absolute Gasteiger partial charge is 0.544 e. The zero-order valence-corrected chi connectivity index (χ0v) is 14.0. The Morgan fingerprint density at radius 3 is 2.96 bits per heavy atom. The van der Waals surface area contributed by atoms with Gasteiger partial charge in [-0.1, -0.05) is 12.1 Å². The second-order valence-corrected chi connectivity index (χ2v) is 6.89. The van der Waals surface area contributed by atoms with Gasteiger partial charge in [-0.2, -0.15) is 0 Å². The third kappa shape index (κ3) is 2.47. The van der Waals surface area contributed by atoms with E-state index in [1.54, 1.807) is 29.7 Å². The molecule has 25 heavy (non-hydrogen) atoms. The van der Waals surface area contributed by atoms with Crippen molar-refractivity contribution in [2.75, 3.05) is 0 Å². The molecule has 4 rings (SSSR count). The monoisotopic (exact) mass is 355 g/mol. The standard InChI is InChI=1S/C18H13FN2O3S/c1-9-13-16(25-14(9)18(23)24)20-15-11(5-6-21(15)17(13)22)7-10-3-2-4-12(19)8-10/h2-4,7-8H,5-6H2,1H3,(H,23,24)/p-1/b11-7-. The zero-order chi connectivity index (χ0) is 17.7. The van der Waals surface area contributed by atoms with Gasteiger partial charge in [-0.3, -0.25) is 9.36 Å². The van der Waals surface area contributed by atoms with Crippen molar-refractivity contribution >= 4 is 39.2 Å². The third-order valence-corrected chi connectivity index (χ3v) is 5.48. The van der Waals surface area contributed by atoms with E-state index in [-0.39, 0.29) is 16.3 Å². The summed E-state index contributed by atoms with van der Waals surface area (Å²) in [6.45, 7) is 2.06. The number of fused-ring (bicyclic) bond motifs is 2. The number of aromatic carboxylic acids is 1. The Morgan fingerprint density at radius 1 is 1.44 bits per heavy atom. The van der Waals surface area contributed by atoms with E-state index in [1.165, 1.54) is 12.1 Å². The number of aryl methyl sites for hydroxylation is 1. The summed E-state index contributed by atoms with van der Waals surface area (Å²) in [7, 11) is 0. The fraction of sp³-hybridized carbons (Fsp3) is 0.167. The van der Waals surface area contributed by atoms with Crippen molar-refractivity contribution in [3.05, 3.63) is 62.3 Å². The summed E-state index contributed by atoms with van der Waals surface area (Å²) in [6, 6.07) is 6.18. The molecule has 0 unspecified atom stereocenters. The highest BCUT2D eigenvalue weighted by Gasteiger charge is 2.24. The summed E-state index contributed by atoms with van der Waals surface area (Å²) in [5.74, 6) is -1.13. The zero-order valence-electron chi connectivity index (χ0n) is 13.2. The molecule has 126 valence electrons. The molecule has 7 heteroatoms. The van der Waals surface area contributed by atoms with Gasteiger partial charge in [0.25, 0.3) is 5.56 Å². The molecule has 0 spiro atoms. The Bertz CT molecular complexity index is 1130. The van der Waals surface area contributed by atoms with Crippen LogP contribution in [0.5, 0.6) is 0 Å². The number of carbonyl (C=O) groups excluding carboxylic acids is 1. The average Bonchev–Trinajstić information content (AvgIpc) is 3.10. The molecule has 3 heterocycles. The lowest BCUT2D eigenvalue weighted by Gasteiger charge is -2.03. The Hall–Kier alpha value is -2.80. The van der Waals surface area contributed by atoms with E-state index in [4.69, 9.17) is 0 Å². The summed E-state index contributed by atoms with van der Waals surface area (Å²) in [5, 5.41) is 11.5. The quantitative estimate of drug-likeness (QED) is 0.706. The molecule has 0 aliphatic carbocycles. The van der Waals surface area contributed by atoms with Crippen LogP contribution < -0.4 is 10.7 Å². The van der Waals surface area contributed by atoms with Crippen LogP contribution in [-0.2, 0) is 6.54 Å². The molecule has 1 aromatic carbocycles. The molecule has 0 saturated heterocycles. The van der Waals surface area contributed by atoms with Crippen LogP contribution in [0.15, 0.2) is 29.1 Å². The minimum Gasteiger partial charge on any atom is -0.544 e. The lowest BCUT2D eigenvalue weighted by molar-refractivity contribution is -0.254. The molecule has 1 aliphatic heterocycles. The molecule has 0 radical (unpaired) electrons. The van der Waals surface area contributed by atoms with Crippen LogP contribution in [0.2, 0.25) is 0 Å². The van der Waals surface area contributed by atoms with Crippen molar-refractivity contribution in [2.24, 2.45) is 0 Å². The molecule has 0 amide bonds. The summed E-state index contributed by atoms with van der Waals surface area (Å²) in [4.78, 5) is 28.9. The van der Waals surface area contributed by atoms with Gasteiger partial charge in [0.1, 0.15) is 16.5 Å². The Kier molecular flexibility index (Phi) is 3.54. The maximum Gasteiger partial charge on any atom is 0.262 e. The lowest BCUT2D eigenvalue weighted by Crippen LogP contribution is -2.23. The highest BCUT2D eigenvalue weighted by atomic mass is 32.1. The SMILES string of the molecule is Cc1c(C(=O)[O-])sc2nc3n(c(=O)c12)CC/C3=C/c1cccc(F)c1. The molecular formula is C18H12FN2O3S-. The fourth-order valence-corrected chi connectivity index (χ4v) is 4.15. The van der Waals surface area contributed by atoms with Gasteiger partial charge in [0.2, 0.25) is 0 Å². The number of allylic oxidation sites excluding steroid dienone is 1. The smallest absolute Gasteiger partial charge is 0.262 e. The number of nitrogens with zero attached hydrogens (tertiary/aromatic N) is 2. The molecule has 0 fully saturated rings. The summed E-state index contributed by atoms with van der Waals surface area (Å²) >= 11 is 0.949. The van der Waals surface area contributed by atoms with Crippen LogP contribution in [0.25, 0.3) is 21.9 Å². The summed E-state index contributed by atoms with van der Waals surface area (Å²) in [5.41, 5.74) is 1.67. The Labute approximate surface area is 145 Å². The molecule has 5 nitrogen and oxygen atoms in total. The van der Waals surface area contributed by atoms with Gasteiger partial charge in [0, 0.05) is 6.54 Å². The number of halogens is 1. The number of benzene rings is 1. The van der Waals surface area contributed by atoms with Gasteiger partial charge in [0.15, 0.2) is 0 Å². The van der Waals surface area contributed by atoms with Crippen molar-refractivity contribution in [1.29, 1.82) is 0 Å². The van der Waals surface area contributed by atoms with Crippen LogP contribution >= 0.6 is 11.3 Å². The van der Waals surface area contributed by atoms with E-state index < -0.39 is 5.97 Å². The second kappa shape index (κ2) is 5.63. The van der Waals surface area contributed by atoms with Crippen LogP contribution in [-0.4, -0.2) is 15.5 Å². The first-order valence-electron chi connectivity index (χ1n) is 7.67. The van der Waals surface area contributed by atoms with Crippen molar-refractivity contribution in [2.45, 2.75) is 19.9 Å². The number of aromatic nitrogens is 2. The lowest BCUT2D eigenvalue weighted by atomic mass is 10.1. The Balaban J connectivity index is 1.92. The van der Waals surface area contributed by atoms with E-state index in [0.717, 1.165) is 16.9 Å². The maximum atomic E-state index is 13.4. The van der Waals surface area contributed by atoms with Crippen LogP contribution in [0.4, 0.5) is 4.39 Å². The molecule has 2 aromatic heterocycles. The molecule has 0 saturated carbocycles. The number of thiophene rings is 1. The minimum absolute atomic E-state index is 0.0273. The van der Waals surface area contributed by atoms with E-state index >= 15 is 0 Å². The van der Waals surface area contributed by atoms with Crippen molar-refractivity contribution < 1.29 is 14.3 Å². The number of rotatable bonds is 2. The first kappa shape index (κ1) is 15.7. The number of carboxylic acid groups (broad SMARTS) is 1. The second-order valence-electron chi connectivity index (χ2n) is 5.89. The molecule has 1 aliphatic rings. The van der Waals surface area contributed by atoms with E-state index in [9.17, 15) is 19.1 Å². The minimum atomic E-state index is -1.31. The number of carboxylic acids is 1. The van der Waals surface area contributed by atoms with Crippen molar-refractivity contribution in [3.8, 4) is 0 Å². The highest BCUT2D eigenvalue weighted by molar-refractivity contribution is 7.20. The van der Waals surface area contributed by atoms with Crippen molar-refractivity contribution in [3.63, 3.8) is 0 Å². The highest BCUT2D eigenvalue weighted by Crippen LogP contribution is 2.32. The van der Waals surface area contributed by atoms with E-state index in [2.05, 4.69) is 4.98 Å². The molecule has 0 bridgehead atoms. The molecule has 0 atom stereocenters. The van der Waals surface area contributed by atoms with Crippen LogP contribution in [0.1, 0.15) is 33.0 Å². The average molecular weight is 355 g/mol. The van der Waals surface area contributed by atoms with Gasteiger partial charge >= 0.3 is 0 Å². The first-order valence-corrected chi connectivity index (χ1v) is 8.49. The summed E-state index contributed by atoms with van der Waals surface area (Å²) < 4.78 is 14.9. The van der Waals surface area contributed by atoms with Crippen LogP contribution in [0.3, 0.4) is 0 Å². The topological polar surface area (TPSA) is 75.0 Å². The third-order valence-electron chi connectivity index (χ3n) is 4.32. The maximum absolute atomic E-state index is 13.4. The van der Waals surface area contributed by atoms with Gasteiger partial charge in [-0.25, -0.2) is 9.37 Å². The van der Waals surface area contributed by atoms with Crippen molar-refractivity contribution in [1.82, 2.24) is 9.55 Å². The normalized spacial score (nSPS) is 15.0. The summed E-state index contributed by atoms with van der Waals surface area (Å²) in [6.07, 6.45) is 2.42. The number of carbonyl (C=O) groups is 1. The predicted octanol–water partition coefficient (Wildman–Crippen LogP) is 2.21. The molecular weight excluding hydrogens is 343 g/mol. The van der Waals surface area contributed by atoms with E-state index in [0.29, 0.717) is 40.1 Å². The fourth-order valence-electron chi connectivity index (χ4n) is 3.14.